The smallest absolute Gasteiger partial charge is 0.328 e. The van der Waals surface area contributed by atoms with Crippen LogP contribution in [0.3, 0.4) is 0 Å². The van der Waals surface area contributed by atoms with Gasteiger partial charge in [0.1, 0.15) is 6.04 Å². The second kappa shape index (κ2) is 12.7. The van der Waals surface area contributed by atoms with Gasteiger partial charge in [0.05, 0.1) is 12.7 Å². The topological polar surface area (TPSA) is 96.5 Å². The Balaban J connectivity index is 1.57. The predicted molar refractivity (Wildman–Crippen MR) is 145 cm³/mol. The van der Waals surface area contributed by atoms with Crippen LogP contribution in [-0.4, -0.2) is 37.0 Å². The van der Waals surface area contributed by atoms with Gasteiger partial charge in [-0.05, 0) is 48.7 Å². The van der Waals surface area contributed by atoms with Gasteiger partial charge < -0.3 is 20.7 Å². The summed E-state index contributed by atoms with van der Waals surface area (Å²) >= 11 is 0. The maximum absolute atomic E-state index is 13.3. The molecule has 0 spiro atoms. The molecule has 3 aromatic carbocycles. The van der Waals surface area contributed by atoms with Gasteiger partial charge in [-0.3, -0.25) is 9.59 Å². The van der Waals surface area contributed by atoms with Crippen LogP contribution >= 0.6 is 0 Å². The van der Waals surface area contributed by atoms with E-state index in [1.54, 1.807) is 18.2 Å². The number of carbonyl (C=O) groups excluding carboxylic acids is 3. The molecule has 1 saturated carbocycles. The molecule has 0 radical (unpaired) electrons. The number of amides is 2. The highest BCUT2D eigenvalue weighted by Crippen LogP contribution is 2.26. The van der Waals surface area contributed by atoms with Gasteiger partial charge in [0, 0.05) is 29.4 Å². The van der Waals surface area contributed by atoms with Crippen LogP contribution in [0.2, 0.25) is 0 Å². The fraction of sp³-hybridized carbons (Fsp3) is 0.300. The van der Waals surface area contributed by atoms with Crippen LogP contribution in [-0.2, 0) is 16.0 Å². The molecule has 0 heterocycles. The number of nitrogens with one attached hydrogen (secondary N) is 3. The highest BCUT2D eigenvalue weighted by atomic mass is 16.5. The Kier molecular flexibility index (Phi) is 8.92. The first kappa shape index (κ1) is 25.9. The summed E-state index contributed by atoms with van der Waals surface area (Å²) in [5.41, 5.74) is 2.91. The lowest BCUT2D eigenvalue weighted by molar-refractivity contribution is -0.142. The minimum Gasteiger partial charge on any atom is -0.467 e. The van der Waals surface area contributed by atoms with Crippen LogP contribution in [0.5, 0.6) is 0 Å². The zero-order chi connectivity index (χ0) is 26.0. The Hall–Kier alpha value is -4.13. The zero-order valence-corrected chi connectivity index (χ0v) is 21.0. The molecule has 1 atom stereocenters. The van der Waals surface area contributed by atoms with Gasteiger partial charge in [-0.2, -0.15) is 0 Å². The fourth-order valence-corrected chi connectivity index (χ4v) is 4.61. The summed E-state index contributed by atoms with van der Waals surface area (Å²) in [5.74, 6) is -1.30. The van der Waals surface area contributed by atoms with E-state index in [2.05, 4.69) is 16.0 Å². The van der Waals surface area contributed by atoms with Gasteiger partial charge in [-0.1, -0.05) is 67.8 Å². The standard InChI is InChI=1S/C30H33N3O4/c1-37-30(36)27(19-21-11-5-2-6-12-21)33-28(34)22-17-18-26(31-23-13-7-3-8-14-23)25(20-22)29(35)32-24-15-9-4-10-16-24/h2,4-6,9-12,15-18,20,23,27,31H,3,7-8,13-14,19H2,1H3,(H,32,35)(H,33,34). The SMILES string of the molecule is COC(=O)C(Cc1ccccc1)NC(=O)c1ccc(NC2CCCCC2)c(C(=O)Nc2ccccc2)c1. The largest absolute Gasteiger partial charge is 0.467 e. The Morgan fingerprint density at radius 3 is 2.22 bits per heavy atom. The molecule has 0 bridgehead atoms. The van der Waals surface area contributed by atoms with E-state index in [0.717, 1.165) is 31.2 Å². The average Bonchev–Trinajstić information content (AvgIpc) is 2.94. The number of para-hydroxylation sites is 1. The van der Waals surface area contributed by atoms with Crippen LogP contribution in [0.25, 0.3) is 0 Å². The number of rotatable bonds is 9. The first-order valence-electron chi connectivity index (χ1n) is 12.7. The maximum atomic E-state index is 13.3. The molecule has 7 heteroatoms. The van der Waals surface area contributed by atoms with Crippen LogP contribution in [0, 0.1) is 0 Å². The van der Waals surface area contributed by atoms with E-state index in [0.29, 0.717) is 23.4 Å². The molecule has 1 aliphatic rings. The molecular weight excluding hydrogens is 466 g/mol. The summed E-state index contributed by atoms with van der Waals surface area (Å²) in [6, 6.07) is 23.1. The van der Waals surface area contributed by atoms with Crippen molar-refractivity contribution in [3.63, 3.8) is 0 Å². The monoisotopic (exact) mass is 499 g/mol. The molecule has 37 heavy (non-hydrogen) atoms. The molecular formula is C30H33N3O4. The van der Waals surface area contributed by atoms with Gasteiger partial charge in [-0.15, -0.1) is 0 Å². The first-order chi connectivity index (χ1) is 18.0. The minimum absolute atomic E-state index is 0.284. The molecule has 3 aromatic rings. The second-order valence-electron chi connectivity index (χ2n) is 9.30. The molecule has 4 rings (SSSR count). The van der Waals surface area contributed by atoms with Crippen molar-refractivity contribution in [1.82, 2.24) is 5.32 Å². The van der Waals surface area contributed by atoms with E-state index in [9.17, 15) is 14.4 Å². The first-order valence-corrected chi connectivity index (χ1v) is 12.7. The molecule has 1 aliphatic carbocycles. The highest BCUT2D eigenvalue weighted by Gasteiger charge is 2.24. The van der Waals surface area contributed by atoms with Crippen molar-refractivity contribution in [2.75, 3.05) is 17.7 Å². The number of anilines is 2. The number of hydrogen-bond acceptors (Lipinski definition) is 5. The third-order valence-electron chi connectivity index (χ3n) is 6.60. The summed E-state index contributed by atoms with van der Waals surface area (Å²) in [4.78, 5) is 39.0. The predicted octanol–water partition coefficient (Wildman–Crippen LogP) is 5.20. The van der Waals surface area contributed by atoms with Gasteiger partial charge in [0.2, 0.25) is 0 Å². The van der Waals surface area contributed by atoms with E-state index >= 15 is 0 Å². The molecule has 0 aromatic heterocycles. The van der Waals surface area contributed by atoms with Crippen LogP contribution in [0.4, 0.5) is 11.4 Å². The Morgan fingerprint density at radius 1 is 0.865 bits per heavy atom. The van der Waals surface area contributed by atoms with Gasteiger partial charge in [-0.25, -0.2) is 4.79 Å². The molecule has 1 fully saturated rings. The average molecular weight is 500 g/mol. The number of hydrogen-bond donors (Lipinski definition) is 3. The third-order valence-corrected chi connectivity index (χ3v) is 6.60. The van der Waals surface area contributed by atoms with Crippen molar-refractivity contribution in [2.24, 2.45) is 0 Å². The molecule has 7 nitrogen and oxygen atoms in total. The second-order valence-corrected chi connectivity index (χ2v) is 9.30. The van der Waals surface area contributed by atoms with Crippen molar-refractivity contribution in [3.8, 4) is 0 Å². The molecule has 3 N–H and O–H groups in total. The summed E-state index contributed by atoms with van der Waals surface area (Å²) in [5, 5.41) is 9.22. The Labute approximate surface area is 217 Å². The molecule has 2 amide bonds. The van der Waals surface area contributed by atoms with Gasteiger partial charge >= 0.3 is 5.97 Å². The van der Waals surface area contributed by atoms with E-state index in [-0.39, 0.29) is 17.5 Å². The summed E-state index contributed by atoms with van der Waals surface area (Å²) < 4.78 is 4.93. The maximum Gasteiger partial charge on any atom is 0.328 e. The Morgan fingerprint density at radius 2 is 1.54 bits per heavy atom. The zero-order valence-electron chi connectivity index (χ0n) is 21.0. The van der Waals surface area contributed by atoms with Crippen LogP contribution < -0.4 is 16.0 Å². The van der Waals surface area contributed by atoms with Crippen LogP contribution in [0.15, 0.2) is 78.9 Å². The van der Waals surface area contributed by atoms with Gasteiger partial charge in [0.15, 0.2) is 0 Å². The van der Waals surface area contributed by atoms with Crippen molar-refractivity contribution >= 4 is 29.2 Å². The van der Waals surface area contributed by atoms with E-state index in [1.807, 2.05) is 60.7 Å². The lowest BCUT2D eigenvalue weighted by Crippen LogP contribution is -2.43. The molecule has 0 saturated heterocycles. The normalized spacial score (nSPS) is 14.3. The van der Waals surface area contributed by atoms with E-state index in [4.69, 9.17) is 4.74 Å². The minimum atomic E-state index is -0.860. The fourth-order valence-electron chi connectivity index (χ4n) is 4.61. The summed E-state index contributed by atoms with van der Waals surface area (Å²) in [6.45, 7) is 0. The third kappa shape index (κ3) is 7.19. The van der Waals surface area contributed by atoms with Crippen molar-refractivity contribution in [2.45, 2.75) is 50.6 Å². The lowest BCUT2D eigenvalue weighted by atomic mass is 9.94. The lowest BCUT2D eigenvalue weighted by Gasteiger charge is -2.25. The van der Waals surface area contributed by atoms with E-state index < -0.39 is 17.9 Å². The molecule has 1 unspecified atom stereocenters. The number of methoxy groups -OCH3 is 1. The summed E-state index contributed by atoms with van der Waals surface area (Å²) in [6.07, 6.45) is 5.91. The van der Waals surface area contributed by atoms with Crippen LogP contribution in [0.1, 0.15) is 58.4 Å². The number of ether oxygens (including phenoxy) is 1. The highest BCUT2D eigenvalue weighted by molar-refractivity contribution is 6.10. The number of benzene rings is 3. The molecule has 0 aliphatic heterocycles. The van der Waals surface area contributed by atoms with E-state index in [1.165, 1.54) is 13.5 Å². The van der Waals surface area contributed by atoms with Gasteiger partial charge in [0.25, 0.3) is 11.8 Å². The van der Waals surface area contributed by atoms with Crippen molar-refractivity contribution in [1.29, 1.82) is 0 Å². The Bertz CT molecular complexity index is 1210. The van der Waals surface area contributed by atoms with Crippen molar-refractivity contribution < 1.29 is 19.1 Å². The molecule has 192 valence electrons. The van der Waals surface area contributed by atoms with Crippen molar-refractivity contribution in [3.05, 3.63) is 95.6 Å². The quantitative estimate of drug-likeness (QED) is 0.352. The number of carbonyl (C=O) groups is 3. The number of esters is 1. The summed E-state index contributed by atoms with van der Waals surface area (Å²) in [7, 11) is 1.30.